The lowest BCUT2D eigenvalue weighted by molar-refractivity contribution is 0.0651. The van der Waals surface area contributed by atoms with Crippen molar-refractivity contribution in [3.05, 3.63) is 0 Å². The maximum absolute atomic E-state index is 5.90. The quantitative estimate of drug-likeness (QED) is 0.258. The van der Waals surface area contributed by atoms with Crippen molar-refractivity contribution in [2.45, 2.75) is 64.3 Å². The fraction of sp³-hybridized carbons (Fsp3) is 1.00. The molecule has 0 aromatic heterocycles. The van der Waals surface area contributed by atoms with Gasteiger partial charge in [-0.1, -0.05) is 51.9 Å². The van der Waals surface area contributed by atoms with Crippen LogP contribution in [-0.4, -0.2) is 48.3 Å². The van der Waals surface area contributed by atoms with Crippen LogP contribution in [0.2, 0.25) is 6.04 Å². The van der Waals surface area contributed by atoms with E-state index in [-0.39, 0.29) is 0 Å². The Balaban J connectivity index is 4.14. The molecule has 0 saturated heterocycles. The van der Waals surface area contributed by atoms with E-state index in [1.807, 2.05) is 0 Å². The van der Waals surface area contributed by atoms with Gasteiger partial charge in [0.15, 0.2) is 0 Å². The van der Waals surface area contributed by atoms with Crippen LogP contribution in [0.3, 0.4) is 0 Å². The molecule has 0 radical (unpaired) electrons. The number of hydrogen-bond donors (Lipinski definition) is 3. The highest BCUT2D eigenvalue weighted by atomic mass is 28.4. The van der Waals surface area contributed by atoms with Gasteiger partial charge < -0.3 is 30.5 Å². The summed E-state index contributed by atoms with van der Waals surface area (Å²) in [4.78, 5) is 0. The van der Waals surface area contributed by atoms with Gasteiger partial charge in [-0.2, -0.15) is 0 Å². The highest BCUT2D eigenvalue weighted by molar-refractivity contribution is 6.60. The van der Waals surface area contributed by atoms with E-state index in [9.17, 15) is 0 Å². The first-order valence-corrected chi connectivity index (χ1v) is 11.2. The number of hydrogen-bond acceptors (Lipinski definition) is 6. The van der Waals surface area contributed by atoms with E-state index < -0.39 is 8.80 Å². The summed E-state index contributed by atoms with van der Waals surface area (Å²) in [5.74, 6) is 0. The van der Waals surface area contributed by atoms with E-state index in [1.54, 1.807) is 0 Å². The third kappa shape index (κ3) is 13.0. The lowest BCUT2D eigenvalue weighted by Crippen LogP contribution is -2.48. The maximum atomic E-state index is 5.90. The summed E-state index contributed by atoms with van der Waals surface area (Å²) >= 11 is 0. The minimum absolute atomic E-state index is 0.457. The van der Waals surface area contributed by atoms with Gasteiger partial charge in [0, 0.05) is 25.7 Å². The van der Waals surface area contributed by atoms with E-state index in [2.05, 4.69) is 6.92 Å². The van der Waals surface area contributed by atoms with Crippen molar-refractivity contribution in [2.24, 2.45) is 17.2 Å². The summed E-state index contributed by atoms with van der Waals surface area (Å²) in [5, 5.41) is 0. The Labute approximate surface area is 143 Å². The monoisotopic (exact) mass is 349 g/mol. The third-order valence-electron chi connectivity index (χ3n) is 3.66. The zero-order valence-corrected chi connectivity index (χ0v) is 16.1. The second-order valence-electron chi connectivity index (χ2n) is 5.82. The molecule has 0 amide bonds. The first-order chi connectivity index (χ1) is 11.2. The van der Waals surface area contributed by atoms with Crippen LogP contribution in [-0.2, 0) is 13.3 Å². The molecule has 0 saturated carbocycles. The van der Waals surface area contributed by atoms with Crippen LogP contribution in [0, 0.1) is 0 Å². The van der Waals surface area contributed by atoms with Crippen LogP contribution in [0.25, 0.3) is 0 Å². The third-order valence-corrected chi connectivity index (χ3v) is 6.55. The molecule has 6 nitrogen and oxygen atoms in total. The largest absolute Gasteiger partial charge is 0.501 e. The average molecular weight is 350 g/mol. The summed E-state index contributed by atoms with van der Waals surface area (Å²) in [5.41, 5.74) is 16.7. The SMILES string of the molecule is CCCCCCCCCC[Si](OCCN)(OCCN)OCCN. The number of rotatable bonds is 18. The Morgan fingerprint density at radius 2 is 1.00 bits per heavy atom. The summed E-state index contributed by atoms with van der Waals surface area (Å²) in [6, 6.07) is 0.821. The Morgan fingerprint density at radius 1 is 0.609 bits per heavy atom. The van der Waals surface area contributed by atoms with Crippen molar-refractivity contribution in [2.75, 3.05) is 39.5 Å². The first-order valence-electron chi connectivity index (χ1n) is 9.26. The molecule has 0 unspecified atom stereocenters. The molecule has 0 aliphatic rings. The Kier molecular flexibility index (Phi) is 16.8. The lowest BCUT2D eigenvalue weighted by Gasteiger charge is -2.29. The molecule has 23 heavy (non-hydrogen) atoms. The minimum atomic E-state index is -2.68. The standard InChI is InChI=1S/C16H39N3O3Si/c1-2-3-4-5-6-7-8-9-16-23(20-13-10-17,21-14-11-18)22-15-12-19/h2-19H2,1H3. The topological polar surface area (TPSA) is 106 Å². The van der Waals surface area contributed by atoms with Crippen LogP contribution in [0.4, 0.5) is 0 Å². The second-order valence-corrected chi connectivity index (χ2v) is 8.55. The van der Waals surface area contributed by atoms with Crippen molar-refractivity contribution in [1.82, 2.24) is 0 Å². The van der Waals surface area contributed by atoms with E-state index in [4.69, 9.17) is 30.5 Å². The number of unbranched alkanes of at least 4 members (excludes halogenated alkanes) is 7. The van der Waals surface area contributed by atoms with E-state index in [0.717, 1.165) is 12.5 Å². The van der Waals surface area contributed by atoms with Gasteiger partial charge in [-0.3, -0.25) is 0 Å². The van der Waals surface area contributed by atoms with Gasteiger partial charge in [0.25, 0.3) is 0 Å². The normalized spacial score (nSPS) is 12.0. The zero-order chi connectivity index (χ0) is 17.2. The van der Waals surface area contributed by atoms with Crippen LogP contribution >= 0.6 is 0 Å². The van der Waals surface area contributed by atoms with Crippen LogP contribution < -0.4 is 17.2 Å². The molecule has 0 bridgehead atoms. The molecular weight excluding hydrogens is 310 g/mol. The first kappa shape index (κ1) is 23.0. The van der Waals surface area contributed by atoms with Gasteiger partial charge in [0.2, 0.25) is 0 Å². The lowest BCUT2D eigenvalue weighted by atomic mass is 10.1. The molecule has 0 fully saturated rings. The Morgan fingerprint density at radius 3 is 1.39 bits per heavy atom. The molecule has 0 heterocycles. The van der Waals surface area contributed by atoms with Crippen molar-refractivity contribution >= 4 is 8.80 Å². The fourth-order valence-corrected chi connectivity index (χ4v) is 5.11. The molecule has 0 aliphatic heterocycles. The van der Waals surface area contributed by atoms with E-state index in [1.165, 1.54) is 44.9 Å². The van der Waals surface area contributed by atoms with Crippen molar-refractivity contribution in [1.29, 1.82) is 0 Å². The molecule has 6 N–H and O–H groups in total. The Hall–Kier alpha value is -0.0231. The van der Waals surface area contributed by atoms with Gasteiger partial charge >= 0.3 is 8.80 Å². The highest BCUT2D eigenvalue weighted by Crippen LogP contribution is 2.20. The minimum Gasteiger partial charge on any atom is -0.372 e. The van der Waals surface area contributed by atoms with Gasteiger partial charge in [-0.05, 0) is 6.42 Å². The summed E-state index contributed by atoms with van der Waals surface area (Å²) in [7, 11) is -2.68. The maximum Gasteiger partial charge on any atom is 0.501 e. The predicted molar refractivity (Wildman–Crippen MR) is 98.2 cm³/mol. The second kappa shape index (κ2) is 16.8. The summed E-state index contributed by atoms with van der Waals surface area (Å²) in [6.45, 7) is 5.00. The predicted octanol–water partition coefficient (Wildman–Crippen LogP) is 1.99. The zero-order valence-electron chi connectivity index (χ0n) is 15.1. The van der Waals surface area contributed by atoms with Crippen LogP contribution in [0.1, 0.15) is 58.3 Å². The smallest absolute Gasteiger partial charge is 0.372 e. The van der Waals surface area contributed by atoms with E-state index >= 15 is 0 Å². The van der Waals surface area contributed by atoms with Crippen molar-refractivity contribution < 1.29 is 13.3 Å². The molecule has 0 aromatic rings. The molecule has 140 valence electrons. The van der Waals surface area contributed by atoms with Crippen molar-refractivity contribution in [3.8, 4) is 0 Å². The summed E-state index contributed by atoms with van der Waals surface area (Å²) < 4.78 is 17.7. The van der Waals surface area contributed by atoms with Gasteiger partial charge in [0.05, 0.1) is 19.8 Å². The van der Waals surface area contributed by atoms with Crippen molar-refractivity contribution in [3.63, 3.8) is 0 Å². The molecule has 0 spiro atoms. The molecule has 0 rings (SSSR count). The molecule has 7 heteroatoms. The van der Waals surface area contributed by atoms with E-state index in [0.29, 0.717) is 39.5 Å². The van der Waals surface area contributed by atoms with Gasteiger partial charge in [0.1, 0.15) is 0 Å². The summed E-state index contributed by atoms with van der Waals surface area (Å²) in [6.07, 6.45) is 10.2. The van der Waals surface area contributed by atoms with Gasteiger partial charge in [-0.15, -0.1) is 0 Å². The highest BCUT2D eigenvalue weighted by Gasteiger charge is 2.40. The molecule has 0 atom stereocenters. The number of nitrogens with two attached hydrogens (primary N) is 3. The molecule has 0 aromatic carbocycles. The average Bonchev–Trinajstić information content (AvgIpc) is 2.58. The van der Waals surface area contributed by atoms with Crippen LogP contribution in [0.15, 0.2) is 0 Å². The molecular formula is C16H39N3O3Si. The van der Waals surface area contributed by atoms with Crippen LogP contribution in [0.5, 0.6) is 0 Å². The fourth-order valence-electron chi connectivity index (χ4n) is 2.46. The Bertz CT molecular complexity index is 227. The van der Waals surface area contributed by atoms with Gasteiger partial charge in [-0.25, -0.2) is 0 Å². The molecule has 0 aliphatic carbocycles.